The molecule has 2 aromatic rings. The zero-order valence-electron chi connectivity index (χ0n) is 16.3. The van der Waals surface area contributed by atoms with Crippen LogP contribution in [0.1, 0.15) is 60.0 Å². The van der Waals surface area contributed by atoms with Gasteiger partial charge >= 0.3 is 0 Å². The van der Waals surface area contributed by atoms with Gasteiger partial charge in [0.15, 0.2) is 0 Å². The summed E-state index contributed by atoms with van der Waals surface area (Å²) in [5.41, 5.74) is 6.27. The normalized spacial score (nSPS) is 23.5. The number of likely N-dealkylation sites (N-methyl/N-ethyl adjacent to an activating group) is 2. The second kappa shape index (κ2) is 7.94. The molecular weight excluding hydrogens is 316 g/mol. The van der Waals surface area contributed by atoms with Crippen LogP contribution in [0.5, 0.6) is 0 Å². The van der Waals surface area contributed by atoms with E-state index < -0.39 is 0 Å². The third kappa shape index (κ3) is 3.58. The van der Waals surface area contributed by atoms with E-state index in [0.717, 1.165) is 0 Å². The fourth-order valence-electron chi connectivity index (χ4n) is 4.98. The summed E-state index contributed by atoms with van der Waals surface area (Å²) < 4.78 is 0. The lowest BCUT2D eigenvalue weighted by molar-refractivity contribution is 0.199. The highest BCUT2D eigenvalue weighted by Crippen LogP contribution is 2.35. The minimum Gasteiger partial charge on any atom is -0.299 e. The van der Waals surface area contributed by atoms with Gasteiger partial charge in [0.1, 0.15) is 0 Å². The maximum absolute atomic E-state index is 2.56. The summed E-state index contributed by atoms with van der Waals surface area (Å²) in [6.45, 7) is 2.39. The van der Waals surface area contributed by atoms with E-state index in [1.165, 1.54) is 51.6 Å². The Morgan fingerprint density at radius 3 is 1.58 bits per heavy atom. The van der Waals surface area contributed by atoms with E-state index in [1.807, 2.05) is 0 Å². The molecule has 2 unspecified atom stereocenters. The molecule has 26 heavy (non-hydrogen) atoms. The van der Waals surface area contributed by atoms with Crippen molar-refractivity contribution >= 4 is 0 Å². The first-order valence-corrected chi connectivity index (χ1v) is 10.3. The second-order valence-corrected chi connectivity index (χ2v) is 8.17. The van der Waals surface area contributed by atoms with Crippen molar-refractivity contribution in [2.45, 2.75) is 50.6 Å². The van der Waals surface area contributed by atoms with Gasteiger partial charge in [-0.2, -0.15) is 0 Å². The Morgan fingerprint density at radius 1 is 0.692 bits per heavy atom. The Morgan fingerprint density at radius 2 is 1.12 bits per heavy atom. The maximum Gasteiger partial charge on any atom is 0.0347 e. The van der Waals surface area contributed by atoms with Crippen LogP contribution in [0.2, 0.25) is 0 Å². The highest BCUT2D eigenvalue weighted by Gasteiger charge is 2.26. The van der Waals surface area contributed by atoms with Gasteiger partial charge in [0, 0.05) is 25.2 Å². The maximum atomic E-state index is 2.56. The number of hydrogen-bond donors (Lipinski definition) is 0. The van der Waals surface area contributed by atoms with Crippen LogP contribution >= 0.6 is 0 Å². The molecule has 4 rings (SSSR count). The van der Waals surface area contributed by atoms with Gasteiger partial charge in [0.25, 0.3) is 0 Å². The average molecular weight is 349 g/mol. The van der Waals surface area contributed by atoms with E-state index in [0.29, 0.717) is 12.1 Å². The summed E-state index contributed by atoms with van der Waals surface area (Å²) in [6.07, 6.45) is 7.60. The Kier molecular flexibility index (Phi) is 5.42. The molecule has 0 radical (unpaired) electrons. The molecule has 2 aliphatic rings. The number of nitrogens with zero attached hydrogens (tertiary/aromatic N) is 2. The second-order valence-electron chi connectivity index (χ2n) is 8.17. The van der Waals surface area contributed by atoms with Crippen molar-refractivity contribution in [2.24, 2.45) is 0 Å². The minimum atomic E-state index is 0.608. The van der Waals surface area contributed by atoms with E-state index in [1.54, 1.807) is 22.3 Å². The molecule has 0 aliphatic carbocycles. The summed E-state index contributed by atoms with van der Waals surface area (Å²) >= 11 is 0. The summed E-state index contributed by atoms with van der Waals surface area (Å²) in [5, 5.41) is 0. The molecular formula is C24H32N2. The van der Waals surface area contributed by atoms with E-state index in [4.69, 9.17) is 0 Å². The molecule has 0 amide bonds. The molecule has 0 saturated heterocycles. The number of fused-ring (bicyclic) bond motifs is 2. The van der Waals surface area contributed by atoms with Gasteiger partial charge in [-0.15, -0.1) is 0 Å². The van der Waals surface area contributed by atoms with Crippen LogP contribution in [-0.4, -0.2) is 37.0 Å². The molecule has 0 N–H and O–H groups in total. The lowest BCUT2D eigenvalue weighted by Gasteiger charge is -2.36. The summed E-state index contributed by atoms with van der Waals surface area (Å²) in [4.78, 5) is 5.12. The minimum absolute atomic E-state index is 0.608. The SMILES string of the molecule is CN1CCc2ccccc2C1CCCCC1c2ccccc2CCN1C. The lowest BCUT2D eigenvalue weighted by atomic mass is 9.87. The number of rotatable bonds is 5. The first kappa shape index (κ1) is 17.8. The first-order valence-electron chi connectivity index (χ1n) is 10.3. The van der Waals surface area contributed by atoms with Gasteiger partial charge in [0.05, 0.1) is 0 Å². The van der Waals surface area contributed by atoms with Gasteiger partial charge in [-0.05, 0) is 62.0 Å². The average Bonchev–Trinajstić information content (AvgIpc) is 2.68. The van der Waals surface area contributed by atoms with Gasteiger partial charge in [-0.1, -0.05) is 61.4 Å². The van der Waals surface area contributed by atoms with Crippen LogP contribution < -0.4 is 0 Å². The Labute approximate surface area is 158 Å². The molecule has 0 fully saturated rings. The molecule has 2 atom stereocenters. The third-order valence-corrected chi connectivity index (χ3v) is 6.57. The molecule has 2 aromatic carbocycles. The molecule has 0 saturated carbocycles. The van der Waals surface area contributed by atoms with Crippen molar-refractivity contribution in [3.05, 3.63) is 70.8 Å². The van der Waals surface area contributed by atoms with Crippen molar-refractivity contribution in [3.8, 4) is 0 Å². The van der Waals surface area contributed by atoms with Crippen molar-refractivity contribution in [1.29, 1.82) is 0 Å². The molecule has 138 valence electrons. The largest absolute Gasteiger partial charge is 0.299 e. The Hall–Kier alpha value is -1.64. The van der Waals surface area contributed by atoms with Gasteiger partial charge < -0.3 is 0 Å². The summed E-state index contributed by atoms with van der Waals surface area (Å²) in [7, 11) is 4.59. The van der Waals surface area contributed by atoms with E-state index in [9.17, 15) is 0 Å². The molecule has 2 heterocycles. The van der Waals surface area contributed by atoms with Crippen molar-refractivity contribution in [2.75, 3.05) is 27.2 Å². The fraction of sp³-hybridized carbons (Fsp3) is 0.500. The predicted octanol–water partition coefficient (Wildman–Crippen LogP) is 5.01. The highest BCUT2D eigenvalue weighted by molar-refractivity contribution is 5.33. The molecule has 0 aromatic heterocycles. The first-order chi connectivity index (χ1) is 12.7. The van der Waals surface area contributed by atoms with Gasteiger partial charge in [-0.25, -0.2) is 0 Å². The Bertz CT molecular complexity index is 675. The topological polar surface area (TPSA) is 6.48 Å². The molecule has 2 nitrogen and oxygen atoms in total. The van der Waals surface area contributed by atoms with Crippen molar-refractivity contribution < 1.29 is 0 Å². The monoisotopic (exact) mass is 348 g/mol. The molecule has 2 heteroatoms. The lowest BCUT2D eigenvalue weighted by Crippen LogP contribution is -2.33. The fourth-order valence-corrected chi connectivity index (χ4v) is 4.98. The predicted molar refractivity (Wildman–Crippen MR) is 110 cm³/mol. The van der Waals surface area contributed by atoms with Crippen LogP contribution in [0, 0.1) is 0 Å². The van der Waals surface area contributed by atoms with Gasteiger partial charge in [0.2, 0.25) is 0 Å². The van der Waals surface area contributed by atoms with Crippen molar-refractivity contribution in [1.82, 2.24) is 9.80 Å². The summed E-state index contributed by atoms with van der Waals surface area (Å²) in [6, 6.07) is 19.4. The highest BCUT2D eigenvalue weighted by atomic mass is 15.1. The van der Waals surface area contributed by atoms with Gasteiger partial charge in [-0.3, -0.25) is 9.80 Å². The third-order valence-electron chi connectivity index (χ3n) is 6.57. The van der Waals surface area contributed by atoms with E-state index in [2.05, 4.69) is 72.4 Å². The van der Waals surface area contributed by atoms with Crippen LogP contribution in [0.25, 0.3) is 0 Å². The van der Waals surface area contributed by atoms with Crippen LogP contribution in [0.4, 0.5) is 0 Å². The number of hydrogen-bond acceptors (Lipinski definition) is 2. The molecule has 0 bridgehead atoms. The van der Waals surface area contributed by atoms with E-state index >= 15 is 0 Å². The van der Waals surface area contributed by atoms with Crippen LogP contribution in [-0.2, 0) is 12.8 Å². The van der Waals surface area contributed by atoms with Crippen LogP contribution in [0.15, 0.2) is 48.5 Å². The summed E-state index contributed by atoms with van der Waals surface area (Å²) in [5.74, 6) is 0. The number of unbranched alkanes of at least 4 members (excludes halogenated alkanes) is 1. The van der Waals surface area contributed by atoms with Crippen LogP contribution in [0.3, 0.4) is 0 Å². The van der Waals surface area contributed by atoms with Crippen molar-refractivity contribution in [3.63, 3.8) is 0 Å². The smallest absolute Gasteiger partial charge is 0.0347 e. The number of benzene rings is 2. The zero-order chi connectivity index (χ0) is 17.9. The Balaban J connectivity index is 1.36. The molecule has 0 spiro atoms. The van der Waals surface area contributed by atoms with E-state index in [-0.39, 0.29) is 0 Å². The molecule has 2 aliphatic heterocycles. The quantitative estimate of drug-likeness (QED) is 0.701. The zero-order valence-corrected chi connectivity index (χ0v) is 16.3. The standard InChI is InChI=1S/C24H32N2/c1-25-17-15-19-9-3-5-11-21(19)23(25)13-7-8-14-24-22-12-6-4-10-20(22)16-18-26(24)2/h3-6,9-12,23-24H,7-8,13-18H2,1-2H3.